The van der Waals surface area contributed by atoms with Crippen molar-refractivity contribution in [2.75, 3.05) is 0 Å². The SMILES string of the molecule is CCc1nn(C)c(CC(N)=S)c1Br. The van der Waals surface area contributed by atoms with Crippen LogP contribution in [0, 0.1) is 0 Å². The van der Waals surface area contributed by atoms with E-state index in [1.807, 2.05) is 11.7 Å². The fourth-order valence-electron chi connectivity index (χ4n) is 1.18. The summed E-state index contributed by atoms with van der Waals surface area (Å²) in [7, 11) is 1.90. The van der Waals surface area contributed by atoms with Crippen LogP contribution in [-0.4, -0.2) is 14.8 Å². The van der Waals surface area contributed by atoms with Gasteiger partial charge in [0.25, 0.3) is 0 Å². The summed E-state index contributed by atoms with van der Waals surface area (Å²) in [4.78, 5) is 0.492. The van der Waals surface area contributed by atoms with Gasteiger partial charge < -0.3 is 5.73 Å². The molecule has 1 heterocycles. The predicted molar refractivity (Wildman–Crippen MR) is 60.8 cm³/mol. The van der Waals surface area contributed by atoms with Gasteiger partial charge in [-0.15, -0.1) is 0 Å². The Hall–Kier alpha value is -0.420. The minimum Gasteiger partial charge on any atom is -0.393 e. The third kappa shape index (κ3) is 2.28. The summed E-state index contributed by atoms with van der Waals surface area (Å²) in [5.74, 6) is 0. The number of nitrogens with two attached hydrogens (primary N) is 1. The van der Waals surface area contributed by atoms with Crippen LogP contribution in [0.4, 0.5) is 0 Å². The number of hydrogen-bond donors (Lipinski definition) is 1. The molecule has 2 N–H and O–H groups in total. The first-order valence-corrected chi connectivity index (χ1v) is 5.25. The number of thiocarbonyl (C=S) groups is 1. The van der Waals surface area contributed by atoms with Crippen LogP contribution in [0.3, 0.4) is 0 Å². The van der Waals surface area contributed by atoms with E-state index in [1.54, 1.807) is 0 Å². The van der Waals surface area contributed by atoms with E-state index in [2.05, 4.69) is 28.0 Å². The van der Waals surface area contributed by atoms with Crippen molar-refractivity contribution >= 4 is 33.1 Å². The monoisotopic (exact) mass is 261 g/mol. The summed E-state index contributed by atoms with van der Waals surface area (Å²) in [5, 5.41) is 4.34. The summed E-state index contributed by atoms with van der Waals surface area (Å²) >= 11 is 8.35. The lowest BCUT2D eigenvalue weighted by atomic mass is 10.2. The standard InChI is InChI=1S/C8H12BrN3S/c1-3-5-8(9)6(4-7(10)13)12(2)11-5/h3-4H2,1-2H3,(H2,10,13). The van der Waals surface area contributed by atoms with Gasteiger partial charge in [0.05, 0.1) is 20.8 Å². The van der Waals surface area contributed by atoms with E-state index < -0.39 is 0 Å². The summed E-state index contributed by atoms with van der Waals surface area (Å²) in [6.45, 7) is 2.07. The lowest BCUT2D eigenvalue weighted by molar-refractivity contribution is 0.716. The maximum atomic E-state index is 5.48. The maximum Gasteiger partial charge on any atom is 0.0787 e. The second-order valence-corrected chi connectivity index (χ2v) is 4.14. The lowest BCUT2D eigenvalue weighted by Gasteiger charge is -1.99. The van der Waals surface area contributed by atoms with Crippen LogP contribution in [0.5, 0.6) is 0 Å². The number of aromatic nitrogens is 2. The predicted octanol–water partition coefficient (Wildman–Crippen LogP) is 1.57. The smallest absolute Gasteiger partial charge is 0.0787 e. The van der Waals surface area contributed by atoms with Crippen molar-refractivity contribution in [3.63, 3.8) is 0 Å². The van der Waals surface area contributed by atoms with Gasteiger partial charge in [-0.2, -0.15) is 5.10 Å². The average molecular weight is 262 g/mol. The lowest BCUT2D eigenvalue weighted by Crippen LogP contribution is -2.14. The third-order valence-corrected chi connectivity index (χ3v) is 2.90. The van der Waals surface area contributed by atoms with Gasteiger partial charge >= 0.3 is 0 Å². The summed E-state index contributed by atoms with van der Waals surface area (Å²) < 4.78 is 2.85. The van der Waals surface area contributed by atoms with Gasteiger partial charge in [0.2, 0.25) is 0 Å². The van der Waals surface area contributed by atoms with Crippen molar-refractivity contribution < 1.29 is 0 Å². The van der Waals surface area contributed by atoms with Gasteiger partial charge in [-0.05, 0) is 22.4 Å². The summed E-state index contributed by atoms with van der Waals surface area (Å²) in [5.41, 5.74) is 7.58. The van der Waals surface area contributed by atoms with Crippen LogP contribution in [0.25, 0.3) is 0 Å². The molecule has 72 valence electrons. The second kappa shape index (κ2) is 4.19. The molecule has 0 amide bonds. The van der Waals surface area contributed by atoms with Gasteiger partial charge in [0.15, 0.2) is 0 Å². The molecular weight excluding hydrogens is 250 g/mol. The Kier molecular flexibility index (Phi) is 3.44. The normalized spacial score (nSPS) is 10.4. The van der Waals surface area contributed by atoms with Crippen LogP contribution in [0.15, 0.2) is 4.47 Å². The molecule has 5 heteroatoms. The first kappa shape index (κ1) is 10.7. The molecule has 0 radical (unpaired) electrons. The average Bonchev–Trinajstić information content (AvgIpc) is 2.31. The molecule has 0 aliphatic heterocycles. The molecule has 13 heavy (non-hydrogen) atoms. The number of halogens is 1. The Labute approximate surface area is 91.4 Å². The Morgan fingerprint density at radius 1 is 1.69 bits per heavy atom. The minimum atomic E-state index is 0.492. The number of rotatable bonds is 3. The van der Waals surface area contributed by atoms with Crippen LogP contribution >= 0.6 is 28.1 Å². The van der Waals surface area contributed by atoms with E-state index in [-0.39, 0.29) is 0 Å². The maximum absolute atomic E-state index is 5.48. The van der Waals surface area contributed by atoms with Crippen molar-refractivity contribution in [3.05, 3.63) is 15.9 Å². The first-order valence-electron chi connectivity index (χ1n) is 4.04. The number of hydrogen-bond acceptors (Lipinski definition) is 2. The van der Waals surface area contributed by atoms with E-state index in [4.69, 9.17) is 18.0 Å². The number of nitrogens with zero attached hydrogens (tertiary/aromatic N) is 2. The Morgan fingerprint density at radius 2 is 2.31 bits per heavy atom. The highest BCUT2D eigenvalue weighted by molar-refractivity contribution is 9.10. The Bertz CT molecular complexity index is 332. The van der Waals surface area contributed by atoms with Crippen LogP contribution in [0.2, 0.25) is 0 Å². The molecule has 0 spiro atoms. The Morgan fingerprint density at radius 3 is 2.69 bits per heavy atom. The highest BCUT2D eigenvalue weighted by Crippen LogP contribution is 2.21. The molecule has 0 unspecified atom stereocenters. The summed E-state index contributed by atoms with van der Waals surface area (Å²) in [6.07, 6.45) is 1.51. The molecule has 0 atom stereocenters. The zero-order valence-electron chi connectivity index (χ0n) is 7.67. The Balaban J connectivity index is 3.05. The largest absolute Gasteiger partial charge is 0.393 e. The molecule has 0 aliphatic rings. The van der Waals surface area contributed by atoms with Crippen molar-refractivity contribution in [2.24, 2.45) is 12.8 Å². The second-order valence-electron chi connectivity index (χ2n) is 2.83. The van der Waals surface area contributed by atoms with Gasteiger partial charge in [-0.3, -0.25) is 4.68 Å². The molecule has 1 rings (SSSR count). The van der Waals surface area contributed by atoms with Crippen molar-refractivity contribution in [3.8, 4) is 0 Å². The third-order valence-electron chi connectivity index (χ3n) is 1.84. The minimum absolute atomic E-state index is 0.492. The van der Waals surface area contributed by atoms with Crippen LogP contribution in [-0.2, 0) is 19.9 Å². The van der Waals surface area contributed by atoms with E-state index >= 15 is 0 Å². The molecular formula is C8H12BrN3S. The molecule has 0 aromatic carbocycles. The highest BCUT2D eigenvalue weighted by atomic mass is 79.9. The molecule has 0 saturated carbocycles. The molecule has 0 saturated heterocycles. The molecule has 0 fully saturated rings. The van der Waals surface area contributed by atoms with E-state index in [0.717, 1.165) is 22.3 Å². The van der Waals surface area contributed by atoms with E-state index in [1.165, 1.54) is 0 Å². The fourth-order valence-corrected chi connectivity index (χ4v) is 2.07. The van der Waals surface area contributed by atoms with Crippen LogP contribution < -0.4 is 5.73 Å². The molecule has 0 aliphatic carbocycles. The van der Waals surface area contributed by atoms with Crippen molar-refractivity contribution in [2.45, 2.75) is 19.8 Å². The molecule has 1 aromatic rings. The van der Waals surface area contributed by atoms with E-state index in [9.17, 15) is 0 Å². The van der Waals surface area contributed by atoms with Gasteiger partial charge in [0, 0.05) is 13.5 Å². The van der Waals surface area contributed by atoms with Gasteiger partial charge in [-0.1, -0.05) is 19.1 Å². The quantitative estimate of drug-likeness (QED) is 0.841. The van der Waals surface area contributed by atoms with Gasteiger partial charge in [-0.25, -0.2) is 0 Å². The van der Waals surface area contributed by atoms with Crippen molar-refractivity contribution in [1.29, 1.82) is 0 Å². The van der Waals surface area contributed by atoms with E-state index in [0.29, 0.717) is 11.4 Å². The molecule has 3 nitrogen and oxygen atoms in total. The zero-order chi connectivity index (χ0) is 10.0. The molecule has 1 aromatic heterocycles. The zero-order valence-corrected chi connectivity index (χ0v) is 10.1. The van der Waals surface area contributed by atoms with Crippen LogP contribution in [0.1, 0.15) is 18.3 Å². The summed E-state index contributed by atoms with van der Waals surface area (Å²) in [6, 6.07) is 0. The number of aryl methyl sites for hydroxylation is 2. The fraction of sp³-hybridized carbons (Fsp3) is 0.500. The highest BCUT2D eigenvalue weighted by Gasteiger charge is 2.12. The first-order chi connectivity index (χ1) is 6.06. The molecule has 0 bridgehead atoms. The van der Waals surface area contributed by atoms with Gasteiger partial charge in [0.1, 0.15) is 0 Å². The topological polar surface area (TPSA) is 43.8 Å². The van der Waals surface area contributed by atoms with Crippen molar-refractivity contribution in [1.82, 2.24) is 9.78 Å².